The van der Waals surface area contributed by atoms with E-state index in [2.05, 4.69) is 57.2 Å². The van der Waals surface area contributed by atoms with E-state index in [1.54, 1.807) is 81.7 Å². The maximum atomic E-state index is 15.5. The summed E-state index contributed by atoms with van der Waals surface area (Å²) in [5.74, 6) is -22.2. The van der Waals surface area contributed by atoms with E-state index in [-0.39, 0.29) is 99.8 Å². The van der Waals surface area contributed by atoms with Crippen LogP contribution in [0.25, 0.3) is 21.8 Å². The molecule has 42 heteroatoms. The number of carbonyl (C=O) groups excluding carboxylic acids is 17. The maximum absolute atomic E-state index is 15.5. The van der Waals surface area contributed by atoms with Gasteiger partial charge in [-0.25, -0.2) is 4.98 Å². The van der Waals surface area contributed by atoms with Crippen LogP contribution in [0.2, 0.25) is 0 Å². The topological polar surface area (TPSA) is 618 Å². The number of aliphatic hydroxyl groups excluding tert-OH is 1. The van der Waals surface area contributed by atoms with Gasteiger partial charge in [-0.05, 0) is 106 Å². The molecular formula is C92H122N18O23S. The molecule has 724 valence electrons. The van der Waals surface area contributed by atoms with Crippen LogP contribution in [0.4, 0.5) is 0 Å². The summed E-state index contributed by atoms with van der Waals surface area (Å²) >= 11 is 0.892. The number of aromatic nitrogens is 4. The molecule has 41 nitrogen and oxygen atoms in total. The number of hydrogen-bond acceptors (Lipinski definition) is 24. The van der Waals surface area contributed by atoms with Crippen LogP contribution >= 0.6 is 11.8 Å². The Bertz CT molecular complexity index is 5250. The van der Waals surface area contributed by atoms with E-state index in [9.17, 15) is 73.2 Å². The van der Waals surface area contributed by atoms with Crippen molar-refractivity contribution in [1.82, 2.24) is 81.7 Å². The number of amides is 13. The molecule has 18 N–H and O–H groups in total. The number of hydrogen-bond donors (Lipinski definition) is 16. The van der Waals surface area contributed by atoms with Crippen molar-refractivity contribution < 1.29 is 112 Å². The largest absolute Gasteiger partial charge is 0.508 e. The van der Waals surface area contributed by atoms with Gasteiger partial charge in [-0.2, -0.15) is 11.8 Å². The highest BCUT2D eigenvalue weighted by atomic mass is 32.2. The molecule has 6 aromatic rings. The van der Waals surface area contributed by atoms with Gasteiger partial charge in [0.2, 0.25) is 76.8 Å². The van der Waals surface area contributed by atoms with Crippen LogP contribution in [0.3, 0.4) is 0 Å². The molecule has 3 aromatic heterocycles. The molecule has 0 saturated carbocycles. The van der Waals surface area contributed by atoms with Gasteiger partial charge in [-0.1, -0.05) is 82.1 Å². The number of phenols is 1. The Balaban J connectivity index is 1.10. The van der Waals surface area contributed by atoms with E-state index in [0.717, 1.165) is 31.4 Å². The fourth-order valence-electron chi connectivity index (χ4n) is 16.9. The number of likely N-dealkylation sites (N-methyl/N-ethyl adjacent to an activating group) is 2. The third kappa shape index (κ3) is 29.4. The summed E-state index contributed by atoms with van der Waals surface area (Å²) < 4.78 is 0. The standard InChI is InChI=1S/C92H122N18O23S/c1-8-9-19-72-86(127)102-67(32-50(2)3)77(116)37-57(75(114)27-21-51(4)111)47-134-48-79(118)99-70(33-53-22-24-59(112)25-23-53)90(131)106(6)52(5)76(115)36-54(38-78(94)117)89(130)109-31-14-20-73(109)87(128)104-69(39-58-43-95-49-98-58)85(126)101-66(26-28-81(120)121)92(133)110-44-60(113)40-74(110)88(129)103-68(34-55-41-96-63-17-12-10-15-61(55)63)84(125)100-65(29-30-93)83(124)105-71(35-56-42-97-64-18-13-11-16-62(56)64)91(132)108(46-82(122)123)45-80(119)107(72)7/h10-13,15-18,22-25,41-43,49-50,52,54,57,60,65-74,96-97,112-113H,8-9,14,19-21,26-40,44-48,93H2,1-7H3,(H2,94,117)(H,95,98)(H,99,118)(H,100,125)(H,101,126)(H,102,127)(H,103,129)(H,104,128)(H,105,124)(H,120,121)(H,122,123)/t52-,54-,57-,60+,65-,66-,67-,68-,69-,70-,71-,72-,73-,74-/m0/s1. The minimum atomic E-state index is -1.85. The average molecular weight is 1880 g/mol. The van der Waals surface area contributed by atoms with Gasteiger partial charge in [0.25, 0.3) is 0 Å². The lowest BCUT2D eigenvalue weighted by Crippen LogP contribution is -2.61. The second-order valence-corrected chi connectivity index (χ2v) is 36.0. The molecule has 0 bridgehead atoms. The van der Waals surface area contributed by atoms with Crippen molar-refractivity contribution in [2.75, 3.05) is 58.3 Å². The number of thioether (sulfide) groups is 1. The molecule has 3 saturated heterocycles. The second-order valence-electron chi connectivity index (χ2n) is 35.0. The first kappa shape index (κ1) is 104. The van der Waals surface area contributed by atoms with Gasteiger partial charge in [0.15, 0.2) is 11.6 Å². The number of carboxylic acid groups (broad SMARTS) is 2. The van der Waals surface area contributed by atoms with E-state index in [0.29, 0.717) is 56.2 Å². The van der Waals surface area contributed by atoms with Gasteiger partial charge in [0.05, 0.1) is 36.2 Å². The predicted octanol–water partition coefficient (Wildman–Crippen LogP) is 0.443. The maximum Gasteiger partial charge on any atom is 0.323 e. The molecule has 6 heterocycles. The first-order valence-corrected chi connectivity index (χ1v) is 46.0. The number of unbranched alkanes of at least 4 members (excludes halogenated alkanes) is 1. The van der Waals surface area contributed by atoms with Crippen LogP contribution < -0.4 is 48.7 Å². The number of carbonyl (C=O) groups is 19. The fraction of sp³-hybridized carbons (Fsp3) is 0.522. The number of primary amides is 1. The quantitative estimate of drug-likeness (QED) is 0.0350. The first-order chi connectivity index (χ1) is 63.7. The molecule has 14 atom stereocenters. The number of rotatable bonds is 26. The molecule has 3 aliphatic heterocycles. The van der Waals surface area contributed by atoms with Gasteiger partial charge >= 0.3 is 11.9 Å². The summed E-state index contributed by atoms with van der Waals surface area (Å²) in [7, 11) is 2.50. The zero-order valence-corrected chi connectivity index (χ0v) is 76.9. The molecule has 0 spiro atoms. The number of aromatic hydroxyl groups is 1. The van der Waals surface area contributed by atoms with Crippen LogP contribution in [0.5, 0.6) is 5.75 Å². The van der Waals surface area contributed by atoms with E-state index >= 15 is 38.4 Å². The number of nitrogens with one attached hydrogen (secondary N) is 10. The number of aliphatic hydroxyl groups is 1. The average Bonchev–Trinajstić information content (AvgIpc) is 1.65. The lowest BCUT2D eigenvalue weighted by atomic mass is 9.90. The number of aromatic amines is 3. The smallest absolute Gasteiger partial charge is 0.323 e. The van der Waals surface area contributed by atoms with Crippen LogP contribution in [0.1, 0.15) is 153 Å². The summed E-state index contributed by atoms with van der Waals surface area (Å²) in [5, 5.41) is 62.2. The zero-order valence-electron chi connectivity index (χ0n) is 76.1. The highest BCUT2D eigenvalue weighted by Gasteiger charge is 2.47. The Hall–Kier alpha value is -13.3. The van der Waals surface area contributed by atoms with Gasteiger partial charge < -0.3 is 113 Å². The number of fused-ring (bicyclic) bond motifs is 4. The van der Waals surface area contributed by atoms with Gasteiger partial charge in [0, 0.05) is 156 Å². The van der Waals surface area contributed by atoms with E-state index in [1.165, 1.54) is 64.7 Å². The van der Waals surface area contributed by atoms with Crippen molar-refractivity contribution in [2.24, 2.45) is 29.2 Å². The number of para-hydroxylation sites is 2. The van der Waals surface area contributed by atoms with Gasteiger partial charge in [0.1, 0.15) is 84.8 Å². The van der Waals surface area contributed by atoms with Crippen molar-refractivity contribution in [3.63, 3.8) is 0 Å². The summed E-state index contributed by atoms with van der Waals surface area (Å²) in [6, 6.07) is 1.95. The number of H-pyrrole nitrogens is 3. The van der Waals surface area contributed by atoms with Gasteiger partial charge in [-0.15, -0.1) is 0 Å². The SMILES string of the molecule is CCCC[C@H]1C(=O)N[C@@H](CC(C)C)C(=O)C[C@H](C(=O)CCC(C)=O)CSCC(=O)N[C@@H](Cc2ccc(O)cc2)C(=O)N(C)[C@@H](C)C(=O)C[C@@H](CC(N)=O)C(=O)N2CCC[C@H]2C(=O)N[C@@H](Cc2cnc[nH]2)C(=O)N[C@@H](CCC(=O)O)C(=O)N2C[C@H](O)C[C@H]2C(=O)N[C@@H](Cc2c[nH]c3ccccc23)C(=O)N[C@@H](CCN)C(=O)N[C@@H](Cc2c[nH]c3ccccc23)C(=O)N(CC(=O)O)CC(=O)N1C. The van der Waals surface area contributed by atoms with Crippen molar-refractivity contribution in [1.29, 1.82) is 0 Å². The molecule has 3 fully saturated rings. The number of ketones is 4. The fourth-order valence-corrected chi connectivity index (χ4v) is 17.9. The van der Waals surface area contributed by atoms with E-state index < -0.39 is 267 Å². The number of nitrogens with zero attached hydrogens (tertiary/aromatic N) is 6. The highest BCUT2D eigenvalue weighted by molar-refractivity contribution is 7.99. The molecule has 13 amide bonds. The number of nitrogens with two attached hydrogens (primary N) is 2. The van der Waals surface area contributed by atoms with Crippen LogP contribution in [-0.4, -0.2) is 308 Å². The van der Waals surface area contributed by atoms with Crippen molar-refractivity contribution in [2.45, 2.75) is 229 Å². The lowest BCUT2D eigenvalue weighted by Gasteiger charge is -2.33. The van der Waals surface area contributed by atoms with Crippen molar-refractivity contribution >= 4 is 145 Å². The molecule has 0 radical (unpaired) electrons. The number of imidazole rings is 1. The van der Waals surface area contributed by atoms with E-state index in [4.69, 9.17) is 11.5 Å². The summed E-state index contributed by atoms with van der Waals surface area (Å²) in [5.41, 5.74) is 14.6. The molecule has 3 aliphatic rings. The third-order valence-electron chi connectivity index (χ3n) is 24.3. The molecule has 3 aromatic carbocycles. The Morgan fingerprint density at radius 1 is 0.597 bits per heavy atom. The molecular weight excluding hydrogens is 1760 g/mol. The number of benzene rings is 3. The molecule has 0 aliphatic carbocycles. The number of phenolic OH excluding ortho intramolecular Hbond substituents is 1. The van der Waals surface area contributed by atoms with Gasteiger partial charge in [-0.3, -0.25) is 86.3 Å². The number of carboxylic acids is 2. The molecule has 134 heavy (non-hydrogen) atoms. The Morgan fingerprint density at radius 3 is 1.78 bits per heavy atom. The Kier molecular flexibility index (Phi) is 38.6. The highest BCUT2D eigenvalue weighted by Crippen LogP contribution is 2.30. The summed E-state index contributed by atoms with van der Waals surface area (Å²) in [4.78, 5) is 293. The number of aliphatic carboxylic acids is 2. The van der Waals surface area contributed by atoms with Crippen LogP contribution in [0, 0.1) is 17.8 Å². The predicted molar refractivity (Wildman–Crippen MR) is 487 cm³/mol. The minimum absolute atomic E-state index is 0.0120. The molecule has 9 rings (SSSR count). The van der Waals surface area contributed by atoms with E-state index in [1.807, 2.05) is 0 Å². The lowest BCUT2D eigenvalue weighted by molar-refractivity contribution is -0.150. The minimum Gasteiger partial charge on any atom is -0.508 e. The summed E-state index contributed by atoms with van der Waals surface area (Å²) in [6.07, 6.45) is -1.20. The third-order valence-corrected chi connectivity index (χ3v) is 25.4. The second kappa shape index (κ2) is 49.5. The zero-order chi connectivity index (χ0) is 97.9. The first-order valence-electron chi connectivity index (χ1n) is 44.9. The van der Waals surface area contributed by atoms with Crippen LogP contribution in [-0.2, 0) is 117 Å². The monoisotopic (exact) mass is 1880 g/mol. The number of Topliss-reactive ketones (excluding diaryl/α,β-unsaturated/α-hetero) is 4. The van der Waals surface area contributed by atoms with Crippen molar-refractivity contribution in [3.8, 4) is 5.75 Å². The van der Waals surface area contributed by atoms with Crippen molar-refractivity contribution in [3.05, 3.63) is 120 Å². The Morgan fingerprint density at radius 2 is 1.19 bits per heavy atom. The normalized spacial score (nSPS) is 24.4. The summed E-state index contributed by atoms with van der Waals surface area (Å²) in [6.45, 7) is 4.69. The Labute approximate surface area is 777 Å². The molecule has 0 unspecified atom stereocenters. The van der Waals surface area contributed by atoms with Crippen LogP contribution in [0.15, 0.2) is 97.7 Å².